The van der Waals surface area contributed by atoms with E-state index in [4.69, 9.17) is 0 Å². The summed E-state index contributed by atoms with van der Waals surface area (Å²) in [6.07, 6.45) is 6.21. The van der Waals surface area contributed by atoms with Crippen molar-refractivity contribution in [1.29, 1.82) is 0 Å². The Kier molecular flexibility index (Phi) is 4.14. The summed E-state index contributed by atoms with van der Waals surface area (Å²) in [4.78, 5) is 32.6. The van der Waals surface area contributed by atoms with Crippen LogP contribution >= 0.6 is 0 Å². The fourth-order valence-corrected chi connectivity index (χ4v) is 5.81. The van der Waals surface area contributed by atoms with E-state index in [1.807, 2.05) is 35.2 Å². The third-order valence-electron chi connectivity index (χ3n) is 6.60. The number of nitrogens with zero attached hydrogens (tertiary/aromatic N) is 5. The lowest BCUT2D eigenvalue weighted by Gasteiger charge is -2.39. The summed E-state index contributed by atoms with van der Waals surface area (Å²) >= 11 is 0. The fraction of sp³-hybridized carbons (Fsp3) is 0.478. The van der Waals surface area contributed by atoms with E-state index in [1.54, 1.807) is 4.68 Å². The van der Waals surface area contributed by atoms with Gasteiger partial charge in [0, 0.05) is 12.6 Å². The van der Waals surface area contributed by atoms with Crippen LogP contribution in [0, 0.1) is 10.8 Å². The first-order valence-corrected chi connectivity index (χ1v) is 10.5. The van der Waals surface area contributed by atoms with Crippen molar-refractivity contribution in [1.82, 2.24) is 24.2 Å². The van der Waals surface area contributed by atoms with Crippen LogP contribution in [0.1, 0.15) is 40.0 Å². The van der Waals surface area contributed by atoms with Gasteiger partial charge >= 0.3 is 0 Å². The molecule has 3 aromatic rings. The maximum absolute atomic E-state index is 13.1. The van der Waals surface area contributed by atoms with Gasteiger partial charge in [-0.1, -0.05) is 39.0 Å². The van der Waals surface area contributed by atoms with Crippen molar-refractivity contribution >= 4 is 16.9 Å². The SMILES string of the molecule is CC1(C)C[C@H]2C[C@](C)(CN2C(=O)Cn2cnc3c(cnn3-c3ccccc3)c2=O)C1. The second kappa shape index (κ2) is 6.52. The Morgan fingerprint density at radius 2 is 1.93 bits per heavy atom. The molecule has 7 nitrogen and oxygen atoms in total. The van der Waals surface area contributed by atoms with Gasteiger partial charge in [-0.15, -0.1) is 0 Å². The topological polar surface area (TPSA) is 73.0 Å². The van der Waals surface area contributed by atoms with Gasteiger partial charge < -0.3 is 4.90 Å². The summed E-state index contributed by atoms with van der Waals surface area (Å²) in [5, 5.41) is 4.76. The third kappa shape index (κ3) is 3.13. The van der Waals surface area contributed by atoms with Gasteiger partial charge in [0.1, 0.15) is 18.3 Å². The molecule has 0 unspecified atom stereocenters. The molecule has 1 aliphatic heterocycles. The van der Waals surface area contributed by atoms with Crippen LogP contribution in [0.5, 0.6) is 0 Å². The molecule has 156 valence electrons. The first-order valence-electron chi connectivity index (χ1n) is 10.5. The van der Waals surface area contributed by atoms with Crippen molar-refractivity contribution in [3.63, 3.8) is 0 Å². The lowest BCUT2D eigenvalue weighted by atomic mass is 9.65. The molecular weight excluding hydrogens is 378 g/mol. The third-order valence-corrected chi connectivity index (χ3v) is 6.60. The number of carbonyl (C=O) groups is 1. The van der Waals surface area contributed by atoms with Gasteiger partial charge in [0.15, 0.2) is 5.65 Å². The van der Waals surface area contributed by atoms with Gasteiger partial charge in [-0.05, 0) is 42.2 Å². The number of fused-ring (bicyclic) bond motifs is 3. The molecule has 0 N–H and O–H groups in total. The Balaban J connectivity index is 1.42. The van der Waals surface area contributed by atoms with E-state index in [2.05, 4.69) is 30.9 Å². The van der Waals surface area contributed by atoms with E-state index in [0.717, 1.165) is 31.5 Å². The number of carbonyl (C=O) groups excluding carboxylic acids is 1. The van der Waals surface area contributed by atoms with Crippen LogP contribution in [0.3, 0.4) is 0 Å². The molecule has 1 amide bonds. The van der Waals surface area contributed by atoms with Crippen molar-refractivity contribution < 1.29 is 4.79 Å². The standard InChI is InChI=1S/C23H27N5O2/c1-22(2)9-17-10-23(3,13-22)14-27(17)19(29)12-26-15-24-20-18(21(26)30)11-25-28(20)16-7-5-4-6-8-16/h4-8,11,15,17H,9-10,12-14H2,1-3H3/t17-,23-/m0/s1. The summed E-state index contributed by atoms with van der Waals surface area (Å²) in [5.74, 6) is 0.000117. The number of hydrogen-bond donors (Lipinski definition) is 0. The largest absolute Gasteiger partial charge is 0.338 e. The minimum atomic E-state index is -0.232. The second-order valence-corrected chi connectivity index (χ2v) is 10.0. The van der Waals surface area contributed by atoms with Crippen LogP contribution in [-0.4, -0.2) is 42.7 Å². The molecule has 0 radical (unpaired) electrons. The highest BCUT2D eigenvalue weighted by atomic mass is 16.2. The normalized spacial score (nSPS) is 25.0. The summed E-state index contributed by atoms with van der Waals surface area (Å²) in [5.41, 5.74) is 1.53. The van der Waals surface area contributed by atoms with Gasteiger partial charge in [0.05, 0.1) is 11.9 Å². The molecule has 1 saturated carbocycles. The first kappa shape index (κ1) is 19.0. The first-order chi connectivity index (χ1) is 14.2. The summed E-state index contributed by atoms with van der Waals surface area (Å²) < 4.78 is 3.06. The van der Waals surface area contributed by atoms with Crippen molar-refractivity contribution in [3.05, 3.63) is 53.2 Å². The molecule has 2 aliphatic rings. The number of benzene rings is 1. The van der Waals surface area contributed by atoms with Gasteiger partial charge in [0.2, 0.25) is 5.91 Å². The highest BCUT2D eigenvalue weighted by Gasteiger charge is 2.50. The Morgan fingerprint density at radius 3 is 2.70 bits per heavy atom. The van der Waals surface area contributed by atoms with E-state index in [0.29, 0.717) is 11.0 Å². The molecule has 5 rings (SSSR count). The molecule has 2 bridgehead atoms. The molecule has 30 heavy (non-hydrogen) atoms. The number of likely N-dealkylation sites (tertiary alicyclic amines) is 1. The predicted molar refractivity (Wildman–Crippen MR) is 114 cm³/mol. The molecule has 1 aromatic carbocycles. The zero-order valence-corrected chi connectivity index (χ0v) is 17.7. The number of hydrogen-bond acceptors (Lipinski definition) is 4. The van der Waals surface area contributed by atoms with Gasteiger partial charge in [-0.2, -0.15) is 5.10 Å². The maximum Gasteiger partial charge on any atom is 0.264 e. The lowest BCUT2D eigenvalue weighted by molar-refractivity contribution is -0.133. The summed E-state index contributed by atoms with van der Waals surface area (Å²) in [7, 11) is 0. The van der Waals surface area contributed by atoms with E-state index in [1.165, 1.54) is 17.1 Å². The smallest absolute Gasteiger partial charge is 0.264 e. The second-order valence-electron chi connectivity index (χ2n) is 10.0. The van der Waals surface area contributed by atoms with Crippen LogP contribution in [-0.2, 0) is 11.3 Å². The molecule has 3 heterocycles. The summed E-state index contributed by atoms with van der Waals surface area (Å²) in [6, 6.07) is 9.84. The van der Waals surface area contributed by atoms with Crippen molar-refractivity contribution in [2.45, 2.75) is 52.6 Å². The van der Waals surface area contributed by atoms with E-state index < -0.39 is 0 Å². The molecular formula is C23H27N5O2. The highest BCUT2D eigenvalue weighted by Crippen LogP contribution is 2.52. The number of aromatic nitrogens is 4. The average molecular weight is 406 g/mol. The van der Waals surface area contributed by atoms with Crippen LogP contribution in [0.15, 0.2) is 47.7 Å². The van der Waals surface area contributed by atoms with E-state index in [9.17, 15) is 9.59 Å². The van der Waals surface area contributed by atoms with E-state index >= 15 is 0 Å². The van der Waals surface area contributed by atoms with Crippen molar-refractivity contribution in [3.8, 4) is 5.69 Å². The molecule has 0 spiro atoms. The predicted octanol–water partition coefficient (Wildman–Crippen LogP) is 3.01. The van der Waals surface area contributed by atoms with Gasteiger partial charge in [-0.3, -0.25) is 14.2 Å². The number of para-hydroxylation sites is 1. The monoisotopic (exact) mass is 405 g/mol. The molecule has 1 aliphatic carbocycles. The fourth-order valence-electron chi connectivity index (χ4n) is 5.81. The van der Waals surface area contributed by atoms with E-state index in [-0.39, 0.29) is 34.9 Å². The Morgan fingerprint density at radius 1 is 1.17 bits per heavy atom. The highest BCUT2D eigenvalue weighted by molar-refractivity contribution is 5.78. The Bertz CT molecular complexity index is 1180. The minimum absolute atomic E-state index is 0.000117. The van der Waals surface area contributed by atoms with Gasteiger partial charge in [-0.25, -0.2) is 9.67 Å². The van der Waals surface area contributed by atoms with Crippen LogP contribution in [0.4, 0.5) is 0 Å². The van der Waals surface area contributed by atoms with Crippen molar-refractivity contribution in [2.75, 3.05) is 6.54 Å². The molecule has 1 saturated heterocycles. The average Bonchev–Trinajstić information content (AvgIpc) is 3.22. The number of amides is 1. The Hall–Kier alpha value is -2.96. The zero-order chi connectivity index (χ0) is 21.1. The quantitative estimate of drug-likeness (QED) is 0.671. The maximum atomic E-state index is 13.1. The number of rotatable bonds is 3. The molecule has 2 fully saturated rings. The van der Waals surface area contributed by atoms with Crippen LogP contribution in [0.2, 0.25) is 0 Å². The van der Waals surface area contributed by atoms with Crippen LogP contribution in [0.25, 0.3) is 16.7 Å². The van der Waals surface area contributed by atoms with Gasteiger partial charge in [0.25, 0.3) is 5.56 Å². The zero-order valence-electron chi connectivity index (χ0n) is 17.7. The van der Waals surface area contributed by atoms with Crippen molar-refractivity contribution in [2.24, 2.45) is 10.8 Å². The molecule has 7 heteroatoms. The van der Waals surface area contributed by atoms with Crippen LogP contribution < -0.4 is 5.56 Å². The lowest BCUT2D eigenvalue weighted by Crippen LogP contribution is -2.40. The molecule has 2 atom stereocenters. The summed E-state index contributed by atoms with van der Waals surface area (Å²) in [6.45, 7) is 7.66. The molecule has 2 aromatic heterocycles. The Labute approximate surface area is 175 Å². The minimum Gasteiger partial charge on any atom is -0.338 e.